The van der Waals surface area contributed by atoms with Gasteiger partial charge in [0.2, 0.25) is 0 Å². The molecule has 1 N–H and O–H groups in total. The van der Waals surface area contributed by atoms with Crippen molar-refractivity contribution in [2.45, 2.75) is 57.5 Å². The van der Waals surface area contributed by atoms with Crippen molar-refractivity contribution < 1.29 is 4.74 Å². The summed E-state index contributed by atoms with van der Waals surface area (Å²) in [5.41, 5.74) is 2.28. The van der Waals surface area contributed by atoms with E-state index in [1.807, 2.05) is 18.3 Å². The fourth-order valence-electron chi connectivity index (χ4n) is 4.11. The Morgan fingerprint density at radius 2 is 2.19 bits per heavy atom. The van der Waals surface area contributed by atoms with Crippen molar-refractivity contribution in [1.29, 1.82) is 0 Å². The first-order valence-electron chi connectivity index (χ1n) is 9.41. The predicted molar refractivity (Wildman–Crippen MR) is 106 cm³/mol. The van der Waals surface area contributed by atoms with E-state index < -0.39 is 0 Å². The fraction of sp³-hybridized carbons (Fsp3) is 0.500. The van der Waals surface area contributed by atoms with Gasteiger partial charge < -0.3 is 19.5 Å². The minimum atomic E-state index is 0.0456. The molecule has 0 aliphatic carbocycles. The second-order valence-corrected chi connectivity index (χ2v) is 7.73. The minimum Gasteiger partial charge on any atom is -0.376 e. The average molecular weight is 371 g/mol. The summed E-state index contributed by atoms with van der Waals surface area (Å²) in [7, 11) is 0. The predicted octanol–water partition coefficient (Wildman–Crippen LogP) is 3.44. The molecule has 0 spiro atoms. The van der Waals surface area contributed by atoms with Crippen LogP contribution in [0.1, 0.15) is 50.2 Å². The van der Waals surface area contributed by atoms with Gasteiger partial charge in [-0.05, 0) is 63.2 Å². The van der Waals surface area contributed by atoms with Gasteiger partial charge in [0.05, 0.1) is 23.9 Å². The van der Waals surface area contributed by atoms with E-state index in [0.717, 1.165) is 36.8 Å². The minimum absolute atomic E-state index is 0.0456. The van der Waals surface area contributed by atoms with Crippen molar-refractivity contribution in [3.63, 3.8) is 0 Å². The molecule has 4 heterocycles. The lowest BCUT2D eigenvalue weighted by Gasteiger charge is -2.32. The van der Waals surface area contributed by atoms with Crippen molar-refractivity contribution in [3.8, 4) is 0 Å². The molecule has 3 atom stereocenters. The zero-order chi connectivity index (χ0) is 18.1. The van der Waals surface area contributed by atoms with Gasteiger partial charge in [-0.3, -0.25) is 4.98 Å². The Labute approximate surface area is 160 Å². The van der Waals surface area contributed by atoms with Gasteiger partial charge in [-0.1, -0.05) is 6.07 Å². The lowest BCUT2D eigenvalue weighted by molar-refractivity contribution is 0.0951. The Kier molecular flexibility index (Phi) is 4.96. The summed E-state index contributed by atoms with van der Waals surface area (Å²) in [4.78, 5) is 6.90. The van der Waals surface area contributed by atoms with E-state index in [1.54, 1.807) is 0 Å². The number of nitrogens with one attached hydrogen (secondary N) is 1. The van der Waals surface area contributed by atoms with Crippen LogP contribution < -0.4 is 5.32 Å². The maximum absolute atomic E-state index is 5.86. The maximum atomic E-state index is 5.86. The van der Waals surface area contributed by atoms with E-state index >= 15 is 0 Å². The smallest absolute Gasteiger partial charge is 0.170 e. The third-order valence-corrected chi connectivity index (χ3v) is 5.61. The van der Waals surface area contributed by atoms with E-state index in [1.165, 1.54) is 5.69 Å². The molecule has 6 heteroatoms. The van der Waals surface area contributed by atoms with Crippen LogP contribution in [0.25, 0.3) is 0 Å². The highest BCUT2D eigenvalue weighted by Crippen LogP contribution is 2.40. The monoisotopic (exact) mass is 370 g/mol. The van der Waals surface area contributed by atoms with E-state index in [4.69, 9.17) is 17.0 Å². The molecule has 0 aromatic carbocycles. The van der Waals surface area contributed by atoms with E-state index in [0.29, 0.717) is 12.1 Å². The van der Waals surface area contributed by atoms with Crippen LogP contribution in [0.2, 0.25) is 0 Å². The Morgan fingerprint density at radius 3 is 2.88 bits per heavy atom. The fourth-order valence-corrected chi connectivity index (χ4v) is 4.56. The maximum Gasteiger partial charge on any atom is 0.170 e. The number of hydrogen-bond donors (Lipinski definition) is 1. The summed E-state index contributed by atoms with van der Waals surface area (Å²) in [5.74, 6) is 0. The summed E-state index contributed by atoms with van der Waals surface area (Å²) in [6, 6.07) is 10.9. The highest BCUT2D eigenvalue weighted by molar-refractivity contribution is 7.80. The molecule has 2 aromatic heterocycles. The summed E-state index contributed by atoms with van der Waals surface area (Å²) >= 11 is 5.68. The molecule has 2 fully saturated rings. The number of rotatable bonds is 5. The van der Waals surface area contributed by atoms with Crippen LogP contribution in [0.5, 0.6) is 0 Å². The second kappa shape index (κ2) is 7.37. The zero-order valence-electron chi connectivity index (χ0n) is 15.3. The van der Waals surface area contributed by atoms with Crippen molar-refractivity contribution in [3.05, 3.63) is 54.1 Å². The first-order valence-corrected chi connectivity index (χ1v) is 9.82. The van der Waals surface area contributed by atoms with E-state index in [9.17, 15) is 0 Å². The topological polar surface area (TPSA) is 42.3 Å². The van der Waals surface area contributed by atoms with Crippen LogP contribution >= 0.6 is 12.2 Å². The first-order chi connectivity index (χ1) is 12.6. The van der Waals surface area contributed by atoms with Gasteiger partial charge in [0, 0.05) is 37.3 Å². The van der Waals surface area contributed by atoms with Crippen LogP contribution in [0.15, 0.2) is 42.7 Å². The normalized spacial score (nSPS) is 25.9. The van der Waals surface area contributed by atoms with E-state index in [-0.39, 0.29) is 12.1 Å². The van der Waals surface area contributed by atoms with Crippen LogP contribution in [0, 0.1) is 0 Å². The highest BCUT2D eigenvalue weighted by atomic mass is 32.1. The summed E-state index contributed by atoms with van der Waals surface area (Å²) in [6.45, 7) is 6.15. The lowest BCUT2D eigenvalue weighted by atomic mass is 10.0. The number of nitrogens with zero attached hydrogens (tertiary/aromatic N) is 3. The van der Waals surface area contributed by atoms with E-state index in [2.05, 4.69) is 58.0 Å². The SMILES string of the molecule is CC(C)N1C(=S)N[C@H](c2ccccn2)[C@H]1c1cccn1C[C@@H]1CCCO1. The lowest BCUT2D eigenvalue weighted by Crippen LogP contribution is -2.36. The van der Waals surface area contributed by atoms with Crippen LogP contribution in [-0.4, -0.2) is 38.3 Å². The Hall–Kier alpha value is -1.92. The van der Waals surface area contributed by atoms with Crippen LogP contribution in [-0.2, 0) is 11.3 Å². The molecule has 0 radical (unpaired) electrons. The van der Waals surface area contributed by atoms with Gasteiger partial charge in [-0.15, -0.1) is 0 Å². The molecule has 0 bridgehead atoms. The number of pyridine rings is 1. The van der Waals surface area contributed by atoms with Gasteiger partial charge in [0.15, 0.2) is 5.11 Å². The number of aromatic nitrogens is 2. The highest BCUT2D eigenvalue weighted by Gasteiger charge is 2.42. The number of hydrogen-bond acceptors (Lipinski definition) is 3. The summed E-state index contributed by atoms with van der Waals surface area (Å²) < 4.78 is 8.20. The number of ether oxygens (including phenoxy) is 1. The Balaban J connectivity index is 1.70. The molecule has 0 amide bonds. The molecule has 4 rings (SSSR count). The molecular formula is C20H26N4OS. The average Bonchev–Trinajstić information content (AvgIpc) is 3.36. The molecule has 0 saturated carbocycles. The van der Waals surface area contributed by atoms with Crippen LogP contribution in [0.4, 0.5) is 0 Å². The first kappa shape index (κ1) is 17.5. The van der Waals surface area contributed by atoms with Crippen LogP contribution in [0.3, 0.4) is 0 Å². The van der Waals surface area contributed by atoms with Gasteiger partial charge >= 0.3 is 0 Å². The van der Waals surface area contributed by atoms with Gasteiger partial charge in [-0.25, -0.2) is 0 Å². The van der Waals surface area contributed by atoms with Crippen molar-refractivity contribution in [2.75, 3.05) is 6.61 Å². The quantitative estimate of drug-likeness (QED) is 0.817. The molecule has 138 valence electrons. The van der Waals surface area contributed by atoms with Gasteiger partial charge in [-0.2, -0.15) is 0 Å². The summed E-state index contributed by atoms with van der Waals surface area (Å²) in [5, 5.41) is 4.31. The Morgan fingerprint density at radius 1 is 1.31 bits per heavy atom. The largest absolute Gasteiger partial charge is 0.376 e. The third-order valence-electron chi connectivity index (χ3n) is 5.28. The second-order valence-electron chi connectivity index (χ2n) is 7.35. The molecule has 2 aromatic rings. The van der Waals surface area contributed by atoms with Gasteiger partial charge in [0.25, 0.3) is 0 Å². The molecule has 2 aliphatic heterocycles. The standard InChI is InChI=1S/C20H26N4OS/c1-14(2)24-19(18(22-20(24)26)16-8-3-4-10-21-16)17-9-5-11-23(17)13-15-7-6-12-25-15/h3-5,8-11,14-15,18-19H,6-7,12-13H2,1-2H3,(H,22,26)/t15-,18+,19+/m0/s1. The summed E-state index contributed by atoms with van der Waals surface area (Å²) in [6.07, 6.45) is 6.61. The van der Waals surface area contributed by atoms with Crippen molar-refractivity contribution in [1.82, 2.24) is 19.8 Å². The molecular weight excluding hydrogens is 344 g/mol. The molecule has 26 heavy (non-hydrogen) atoms. The van der Waals surface area contributed by atoms with Gasteiger partial charge in [0.1, 0.15) is 0 Å². The van der Waals surface area contributed by atoms with Crippen molar-refractivity contribution in [2.24, 2.45) is 0 Å². The number of thiocarbonyl (C=S) groups is 1. The zero-order valence-corrected chi connectivity index (χ0v) is 16.2. The molecule has 2 aliphatic rings. The third kappa shape index (κ3) is 3.23. The van der Waals surface area contributed by atoms with Crippen molar-refractivity contribution >= 4 is 17.3 Å². The molecule has 0 unspecified atom stereocenters. The molecule has 2 saturated heterocycles. The molecule has 5 nitrogen and oxygen atoms in total. The Bertz CT molecular complexity index is 754.